The molecule has 1 aromatic carbocycles. The first-order valence-electron chi connectivity index (χ1n) is 5.83. The number of hydrogen-bond donors (Lipinski definition) is 2. The van der Waals surface area contributed by atoms with Crippen LogP contribution in [0.15, 0.2) is 36.0 Å². The van der Waals surface area contributed by atoms with Crippen LogP contribution in [0.4, 0.5) is 5.69 Å². The Hall–Kier alpha value is -3.32. The Labute approximate surface area is 121 Å². The van der Waals surface area contributed by atoms with Crippen molar-refractivity contribution >= 4 is 17.6 Å². The zero-order valence-electron chi connectivity index (χ0n) is 11.2. The summed E-state index contributed by atoms with van der Waals surface area (Å²) < 4.78 is 4.40. The second-order valence-corrected chi connectivity index (χ2v) is 3.74. The van der Waals surface area contributed by atoms with Gasteiger partial charge in [0.1, 0.15) is 24.3 Å². The molecule has 7 heteroatoms. The maximum Gasteiger partial charge on any atom is 0.325 e. The van der Waals surface area contributed by atoms with Crippen LogP contribution in [0.5, 0.6) is 0 Å². The molecule has 0 aliphatic rings. The van der Waals surface area contributed by atoms with Crippen LogP contribution in [-0.4, -0.2) is 25.5 Å². The number of esters is 1. The van der Waals surface area contributed by atoms with Crippen molar-refractivity contribution in [3.63, 3.8) is 0 Å². The molecule has 0 fully saturated rings. The SMILES string of the molecule is COC(=O)CN/C=C(/C#N)C(=O)Nc1ccccc1C#N. The van der Waals surface area contributed by atoms with Crippen LogP contribution >= 0.6 is 0 Å². The lowest BCUT2D eigenvalue weighted by Gasteiger charge is -2.06. The van der Waals surface area contributed by atoms with E-state index < -0.39 is 11.9 Å². The molecule has 0 atom stereocenters. The van der Waals surface area contributed by atoms with Crippen LogP contribution in [0.25, 0.3) is 0 Å². The summed E-state index contributed by atoms with van der Waals surface area (Å²) in [6, 6.07) is 10.0. The van der Waals surface area contributed by atoms with Gasteiger partial charge in [-0.2, -0.15) is 10.5 Å². The number of anilines is 1. The molecule has 0 aromatic heterocycles. The summed E-state index contributed by atoms with van der Waals surface area (Å²) in [5.74, 6) is -1.21. The second kappa shape index (κ2) is 7.97. The molecule has 2 N–H and O–H groups in total. The largest absolute Gasteiger partial charge is 0.468 e. The number of benzene rings is 1. The van der Waals surface area contributed by atoms with Gasteiger partial charge >= 0.3 is 5.97 Å². The molecule has 0 bridgehead atoms. The molecule has 7 nitrogen and oxygen atoms in total. The summed E-state index contributed by atoms with van der Waals surface area (Å²) in [5, 5.41) is 22.8. The Balaban J connectivity index is 2.77. The summed E-state index contributed by atoms with van der Waals surface area (Å²) in [7, 11) is 1.23. The van der Waals surface area contributed by atoms with Crippen molar-refractivity contribution in [1.82, 2.24) is 5.32 Å². The molecule has 1 aromatic rings. The van der Waals surface area contributed by atoms with E-state index in [4.69, 9.17) is 10.5 Å². The minimum Gasteiger partial charge on any atom is -0.468 e. The fraction of sp³-hybridized carbons (Fsp3) is 0.143. The highest BCUT2D eigenvalue weighted by molar-refractivity contribution is 6.07. The van der Waals surface area contributed by atoms with Crippen LogP contribution in [-0.2, 0) is 14.3 Å². The molecule has 0 unspecified atom stereocenters. The summed E-state index contributed by atoms with van der Waals surface area (Å²) in [5.41, 5.74) is 0.358. The number of nitriles is 2. The summed E-state index contributed by atoms with van der Waals surface area (Å²) in [6.07, 6.45) is 1.11. The molecule has 1 rings (SSSR count). The van der Waals surface area contributed by atoms with E-state index in [1.807, 2.05) is 6.07 Å². The normalized spacial score (nSPS) is 9.95. The van der Waals surface area contributed by atoms with Crippen molar-refractivity contribution in [2.75, 3.05) is 19.0 Å². The van der Waals surface area contributed by atoms with Crippen molar-refractivity contribution in [3.8, 4) is 12.1 Å². The average Bonchev–Trinajstić information content (AvgIpc) is 2.51. The molecule has 21 heavy (non-hydrogen) atoms. The Morgan fingerprint density at radius 1 is 1.33 bits per heavy atom. The van der Waals surface area contributed by atoms with Crippen LogP contribution in [0.3, 0.4) is 0 Å². The molecule has 106 valence electrons. The zero-order chi connectivity index (χ0) is 15.7. The van der Waals surface area contributed by atoms with Gasteiger partial charge in [0.15, 0.2) is 0 Å². The fourth-order valence-electron chi connectivity index (χ4n) is 1.34. The minimum atomic E-state index is -0.683. The standard InChI is InChI=1S/C14H12N4O3/c1-21-13(19)9-17-8-11(7-16)14(20)18-12-5-3-2-4-10(12)6-15/h2-5,8,17H,9H2,1H3,(H,18,20)/b11-8-. The Morgan fingerprint density at radius 3 is 2.67 bits per heavy atom. The van der Waals surface area contributed by atoms with E-state index in [-0.39, 0.29) is 17.7 Å². The van der Waals surface area contributed by atoms with E-state index >= 15 is 0 Å². The minimum absolute atomic E-state index is 0.163. The number of nitrogens with zero attached hydrogens (tertiary/aromatic N) is 2. The molecular weight excluding hydrogens is 272 g/mol. The number of carbonyl (C=O) groups is 2. The second-order valence-electron chi connectivity index (χ2n) is 3.74. The maximum absolute atomic E-state index is 11.9. The third-order valence-electron chi connectivity index (χ3n) is 2.38. The highest BCUT2D eigenvalue weighted by atomic mass is 16.5. The first-order chi connectivity index (χ1) is 10.1. The first kappa shape index (κ1) is 15.7. The number of methoxy groups -OCH3 is 1. The molecule has 0 heterocycles. The lowest BCUT2D eigenvalue weighted by atomic mass is 10.2. The van der Waals surface area contributed by atoms with E-state index in [9.17, 15) is 9.59 Å². The highest BCUT2D eigenvalue weighted by Gasteiger charge is 2.11. The first-order valence-corrected chi connectivity index (χ1v) is 5.83. The van der Waals surface area contributed by atoms with Crippen molar-refractivity contribution in [3.05, 3.63) is 41.6 Å². The Kier molecular flexibility index (Phi) is 5.97. The summed E-state index contributed by atoms with van der Waals surface area (Å²) >= 11 is 0. The molecule has 0 aliphatic carbocycles. The van der Waals surface area contributed by atoms with E-state index in [1.54, 1.807) is 30.3 Å². The van der Waals surface area contributed by atoms with Gasteiger partial charge in [-0.15, -0.1) is 0 Å². The number of amides is 1. The predicted molar refractivity (Wildman–Crippen MR) is 73.5 cm³/mol. The van der Waals surface area contributed by atoms with Crippen LogP contribution < -0.4 is 10.6 Å². The van der Waals surface area contributed by atoms with Gasteiger partial charge in [-0.1, -0.05) is 12.1 Å². The lowest BCUT2D eigenvalue weighted by molar-refractivity contribution is -0.139. The average molecular weight is 284 g/mol. The van der Waals surface area contributed by atoms with E-state index in [0.717, 1.165) is 6.20 Å². The molecule has 0 saturated heterocycles. The topological polar surface area (TPSA) is 115 Å². The number of carbonyl (C=O) groups excluding carboxylic acids is 2. The summed E-state index contributed by atoms with van der Waals surface area (Å²) in [4.78, 5) is 22.8. The molecule has 0 spiro atoms. The van der Waals surface area contributed by atoms with E-state index in [2.05, 4.69) is 15.4 Å². The lowest BCUT2D eigenvalue weighted by Crippen LogP contribution is -2.22. The van der Waals surface area contributed by atoms with E-state index in [0.29, 0.717) is 5.69 Å². The van der Waals surface area contributed by atoms with Crippen LogP contribution in [0.2, 0.25) is 0 Å². The third kappa shape index (κ3) is 4.69. The van der Waals surface area contributed by atoms with Gasteiger partial charge in [0.2, 0.25) is 0 Å². The molecule has 0 aliphatic heterocycles. The van der Waals surface area contributed by atoms with Gasteiger partial charge in [-0.3, -0.25) is 9.59 Å². The number of hydrogen-bond acceptors (Lipinski definition) is 6. The molecule has 0 radical (unpaired) electrons. The van der Waals surface area contributed by atoms with Crippen molar-refractivity contribution < 1.29 is 14.3 Å². The van der Waals surface area contributed by atoms with Crippen molar-refractivity contribution in [2.24, 2.45) is 0 Å². The quantitative estimate of drug-likeness (QED) is 0.466. The van der Waals surface area contributed by atoms with Crippen molar-refractivity contribution in [1.29, 1.82) is 10.5 Å². The van der Waals surface area contributed by atoms with Gasteiger partial charge in [0.25, 0.3) is 5.91 Å². The van der Waals surface area contributed by atoms with Gasteiger partial charge in [0, 0.05) is 6.20 Å². The Bertz CT molecular complexity index is 653. The number of nitrogens with one attached hydrogen (secondary N) is 2. The fourth-order valence-corrected chi connectivity index (χ4v) is 1.34. The van der Waals surface area contributed by atoms with E-state index in [1.165, 1.54) is 7.11 Å². The zero-order valence-corrected chi connectivity index (χ0v) is 11.2. The monoisotopic (exact) mass is 284 g/mol. The predicted octanol–water partition coefficient (Wildman–Crippen LogP) is 0.667. The molecular formula is C14H12N4O3. The molecule has 0 saturated carbocycles. The number of para-hydroxylation sites is 1. The van der Waals surface area contributed by atoms with Gasteiger partial charge in [-0.05, 0) is 12.1 Å². The molecule has 1 amide bonds. The van der Waals surface area contributed by atoms with Gasteiger partial charge < -0.3 is 15.4 Å². The van der Waals surface area contributed by atoms with Crippen LogP contribution in [0.1, 0.15) is 5.56 Å². The van der Waals surface area contributed by atoms with Gasteiger partial charge in [-0.25, -0.2) is 0 Å². The smallest absolute Gasteiger partial charge is 0.325 e. The number of rotatable bonds is 5. The van der Waals surface area contributed by atoms with Gasteiger partial charge in [0.05, 0.1) is 18.4 Å². The van der Waals surface area contributed by atoms with Crippen molar-refractivity contribution in [2.45, 2.75) is 0 Å². The maximum atomic E-state index is 11.9. The van der Waals surface area contributed by atoms with Crippen LogP contribution in [0, 0.1) is 22.7 Å². The highest BCUT2D eigenvalue weighted by Crippen LogP contribution is 2.14. The number of ether oxygens (including phenoxy) is 1. The summed E-state index contributed by atoms with van der Waals surface area (Å²) in [6.45, 7) is -0.163. The Morgan fingerprint density at radius 2 is 2.05 bits per heavy atom. The third-order valence-corrected chi connectivity index (χ3v) is 2.38.